The Kier molecular flexibility index (Phi) is 7.56. The molecule has 3 heterocycles. The monoisotopic (exact) mass is 563 g/mol. The zero-order valence-electron chi connectivity index (χ0n) is 21.5. The number of anilines is 1. The van der Waals surface area contributed by atoms with Crippen LogP contribution in [0.5, 0.6) is 0 Å². The molecule has 0 bridgehead atoms. The lowest BCUT2D eigenvalue weighted by molar-refractivity contribution is 0.598. The summed E-state index contributed by atoms with van der Waals surface area (Å²) in [5.41, 5.74) is 0.212. The molecule has 1 unspecified atom stereocenters. The standard InChI is InChI=1S/C27H26FN7O4S/c1-2-3-15-35-24-22(25(36)33-27(35)37)31-23(32-24)20(16-18-7-4-5-8-21(18)28)17-9-11-19(12-10-17)40(38,39)34-26-29-13-6-14-30-26/h4-14,20H,2-3,15-16H2,1H3,(H,31,32)(H,29,30,34)(H,33,36,37). The fourth-order valence-electron chi connectivity index (χ4n) is 4.41. The summed E-state index contributed by atoms with van der Waals surface area (Å²) < 4.78 is 44.2. The van der Waals surface area contributed by atoms with Crippen LogP contribution in [0.25, 0.3) is 11.2 Å². The van der Waals surface area contributed by atoms with Crippen LogP contribution in [0.3, 0.4) is 0 Å². The number of unbranched alkanes of at least 4 members (excludes halogenated alkanes) is 1. The molecule has 3 N–H and O–H groups in total. The Labute approximate surface area is 228 Å². The molecule has 0 fully saturated rings. The third kappa shape index (κ3) is 5.54. The summed E-state index contributed by atoms with van der Waals surface area (Å²) in [5, 5.41) is 0. The second kappa shape index (κ2) is 11.2. The Morgan fingerprint density at radius 2 is 1.73 bits per heavy atom. The van der Waals surface area contributed by atoms with Crippen LogP contribution in [0.4, 0.5) is 10.3 Å². The van der Waals surface area contributed by atoms with E-state index in [0.29, 0.717) is 29.9 Å². The molecule has 206 valence electrons. The molecule has 1 atom stereocenters. The van der Waals surface area contributed by atoms with E-state index >= 15 is 0 Å². The van der Waals surface area contributed by atoms with Gasteiger partial charge in [0.05, 0.1) is 4.90 Å². The molecule has 0 aliphatic heterocycles. The van der Waals surface area contributed by atoms with Crippen molar-refractivity contribution >= 4 is 27.1 Å². The zero-order valence-corrected chi connectivity index (χ0v) is 22.3. The van der Waals surface area contributed by atoms with E-state index in [2.05, 4.69) is 29.6 Å². The van der Waals surface area contributed by atoms with Crippen LogP contribution in [-0.4, -0.2) is 37.9 Å². The third-order valence-corrected chi connectivity index (χ3v) is 7.83. The van der Waals surface area contributed by atoms with Crippen molar-refractivity contribution in [3.8, 4) is 0 Å². The lowest BCUT2D eigenvalue weighted by Gasteiger charge is -2.16. The lowest BCUT2D eigenvalue weighted by atomic mass is 9.91. The number of fused-ring (bicyclic) bond motifs is 1. The van der Waals surface area contributed by atoms with Crippen LogP contribution in [0.1, 0.15) is 42.6 Å². The summed E-state index contributed by atoms with van der Waals surface area (Å²) in [6, 6.07) is 13.9. The molecule has 5 aromatic rings. The van der Waals surface area contributed by atoms with Crippen LogP contribution in [0, 0.1) is 5.82 Å². The van der Waals surface area contributed by atoms with E-state index in [1.54, 1.807) is 36.4 Å². The van der Waals surface area contributed by atoms with Gasteiger partial charge in [0.25, 0.3) is 15.6 Å². The second-order valence-electron chi connectivity index (χ2n) is 9.18. The molecule has 0 aliphatic carbocycles. The molecule has 13 heteroatoms. The topological polar surface area (TPSA) is 155 Å². The number of aryl methyl sites for hydroxylation is 1. The van der Waals surface area contributed by atoms with Crippen LogP contribution >= 0.6 is 0 Å². The highest BCUT2D eigenvalue weighted by atomic mass is 32.2. The van der Waals surface area contributed by atoms with E-state index in [1.807, 2.05) is 6.92 Å². The van der Waals surface area contributed by atoms with Gasteiger partial charge < -0.3 is 4.98 Å². The highest BCUT2D eigenvalue weighted by Crippen LogP contribution is 2.30. The van der Waals surface area contributed by atoms with Crippen molar-refractivity contribution in [3.63, 3.8) is 0 Å². The first-order chi connectivity index (χ1) is 19.3. The average molecular weight is 564 g/mol. The van der Waals surface area contributed by atoms with Crippen molar-refractivity contribution in [1.82, 2.24) is 29.5 Å². The largest absolute Gasteiger partial charge is 0.336 e. The van der Waals surface area contributed by atoms with Crippen LogP contribution in [0.2, 0.25) is 0 Å². The van der Waals surface area contributed by atoms with Crippen LogP contribution in [0.15, 0.2) is 81.5 Å². The molecule has 2 aromatic carbocycles. The predicted molar refractivity (Wildman–Crippen MR) is 147 cm³/mol. The number of nitrogens with zero attached hydrogens (tertiary/aromatic N) is 4. The van der Waals surface area contributed by atoms with Gasteiger partial charge in [0.15, 0.2) is 5.65 Å². The third-order valence-electron chi connectivity index (χ3n) is 6.48. The number of H-pyrrole nitrogens is 2. The van der Waals surface area contributed by atoms with Crippen molar-refractivity contribution in [3.05, 3.63) is 111 Å². The van der Waals surface area contributed by atoms with Gasteiger partial charge in [-0.05, 0) is 48.2 Å². The molecule has 3 aromatic heterocycles. The molecule has 0 aliphatic rings. The minimum Gasteiger partial charge on any atom is -0.336 e. The first kappa shape index (κ1) is 26.9. The first-order valence-electron chi connectivity index (χ1n) is 12.6. The maximum absolute atomic E-state index is 14.7. The van der Waals surface area contributed by atoms with Gasteiger partial charge in [-0.15, -0.1) is 0 Å². The summed E-state index contributed by atoms with van der Waals surface area (Å²) in [7, 11) is -3.97. The number of sulfonamides is 1. The van der Waals surface area contributed by atoms with Gasteiger partial charge in [-0.3, -0.25) is 14.3 Å². The van der Waals surface area contributed by atoms with Crippen molar-refractivity contribution in [1.29, 1.82) is 0 Å². The van der Waals surface area contributed by atoms with Crippen LogP contribution in [-0.2, 0) is 23.0 Å². The van der Waals surface area contributed by atoms with Crippen molar-refractivity contribution in [2.24, 2.45) is 0 Å². The number of halogens is 1. The molecule has 5 rings (SSSR count). The molecule has 0 saturated heterocycles. The summed E-state index contributed by atoms with van der Waals surface area (Å²) in [6.45, 7) is 2.36. The Hall–Kier alpha value is -4.65. The fourth-order valence-corrected chi connectivity index (χ4v) is 5.37. The normalized spacial score (nSPS) is 12.4. The van der Waals surface area contributed by atoms with Crippen molar-refractivity contribution in [2.75, 3.05) is 4.72 Å². The van der Waals surface area contributed by atoms with E-state index in [0.717, 1.165) is 6.42 Å². The number of rotatable bonds is 10. The summed E-state index contributed by atoms with van der Waals surface area (Å²) in [4.78, 5) is 42.9. The predicted octanol–water partition coefficient (Wildman–Crippen LogP) is 3.32. The minimum absolute atomic E-state index is 0.0252. The molecular weight excluding hydrogens is 537 g/mol. The Balaban J connectivity index is 1.57. The van der Waals surface area contributed by atoms with E-state index in [1.165, 1.54) is 35.2 Å². The van der Waals surface area contributed by atoms with E-state index in [9.17, 15) is 22.4 Å². The average Bonchev–Trinajstić information content (AvgIpc) is 3.39. The molecule has 0 radical (unpaired) electrons. The number of hydrogen-bond acceptors (Lipinski definition) is 7. The molecule has 11 nitrogen and oxygen atoms in total. The van der Waals surface area contributed by atoms with E-state index in [-0.39, 0.29) is 28.4 Å². The smallest absolute Gasteiger partial charge is 0.330 e. The molecule has 0 saturated carbocycles. The Morgan fingerprint density at radius 3 is 2.42 bits per heavy atom. The highest BCUT2D eigenvalue weighted by Gasteiger charge is 2.24. The molecule has 40 heavy (non-hydrogen) atoms. The SMILES string of the molecule is CCCCn1c(=O)[nH]c(=O)c2[nH]c(C(Cc3ccccc3F)c3ccc(S(=O)(=O)Nc4ncccn4)cc3)nc21. The maximum Gasteiger partial charge on any atom is 0.330 e. The van der Waals surface area contributed by atoms with Crippen molar-refractivity contribution in [2.45, 2.75) is 43.5 Å². The first-order valence-corrected chi connectivity index (χ1v) is 14.1. The highest BCUT2D eigenvalue weighted by molar-refractivity contribution is 7.92. The Morgan fingerprint density at radius 1 is 1.00 bits per heavy atom. The number of benzene rings is 2. The van der Waals surface area contributed by atoms with Gasteiger partial charge in [0.1, 0.15) is 17.2 Å². The maximum atomic E-state index is 14.7. The number of imidazole rings is 1. The number of aromatic nitrogens is 6. The van der Waals surface area contributed by atoms with Gasteiger partial charge in [0.2, 0.25) is 5.95 Å². The summed E-state index contributed by atoms with van der Waals surface area (Å²) in [6.07, 6.45) is 4.54. The van der Waals surface area contributed by atoms with Crippen molar-refractivity contribution < 1.29 is 12.8 Å². The van der Waals surface area contributed by atoms with Gasteiger partial charge in [-0.2, -0.15) is 0 Å². The Bertz CT molecular complexity index is 1870. The van der Waals surface area contributed by atoms with E-state index < -0.39 is 33.0 Å². The summed E-state index contributed by atoms with van der Waals surface area (Å²) >= 11 is 0. The van der Waals surface area contributed by atoms with Gasteiger partial charge in [0, 0.05) is 24.9 Å². The number of nitrogens with one attached hydrogen (secondary N) is 3. The minimum atomic E-state index is -3.97. The number of aromatic amines is 2. The quantitative estimate of drug-likeness (QED) is 0.235. The molecule has 0 amide bonds. The van der Waals surface area contributed by atoms with Gasteiger partial charge in [-0.1, -0.05) is 43.7 Å². The van der Waals surface area contributed by atoms with Gasteiger partial charge in [-0.25, -0.2) is 37.3 Å². The zero-order chi connectivity index (χ0) is 28.3. The fraction of sp³-hybridized carbons (Fsp3) is 0.222. The number of hydrogen-bond donors (Lipinski definition) is 3. The molecule has 0 spiro atoms. The van der Waals surface area contributed by atoms with Crippen LogP contribution < -0.4 is 16.0 Å². The second-order valence-corrected chi connectivity index (χ2v) is 10.9. The van der Waals surface area contributed by atoms with Gasteiger partial charge >= 0.3 is 5.69 Å². The lowest BCUT2D eigenvalue weighted by Crippen LogP contribution is -2.30. The molecular formula is C27H26FN7O4S. The van der Waals surface area contributed by atoms with E-state index in [4.69, 9.17) is 0 Å². The summed E-state index contributed by atoms with van der Waals surface area (Å²) in [5.74, 6) is -0.732.